The topological polar surface area (TPSA) is 69.0 Å². The van der Waals surface area contributed by atoms with Gasteiger partial charge >= 0.3 is 0 Å². The summed E-state index contributed by atoms with van der Waals surface area (Å²) in [5.74, 6) is 0.382. The first kappa shape index (κ1) is 13.6. The largest absolute Gasteiger partial charge is 0.310 e. The molecule has 17 heavy (non-hydrogen) atoms. The molecular weight excluding hydrogens is 284 g/mol. The molecule has 0 aliphatic carbocycles. The molecule has 5 nitrogen and oxygen atoms in total. The van der Waals surface area contributed by atoms with E-state index in [0.29, 0.717) is 18.8 Å². The van der Waals surface area contributed by atoms with Gasteiger partial charge in [-0.3, -0.25) is 9.69 Å². The monoisotopic (exact) mass is 296 g/mol. The predicted octanol–water partition coefficient (Wildman–Crippen LogP) is 1.63. The van der Waals surface area contributed by atoms with Gasteiger partial charge in [-0.2, -0.15) is 5.26 Å². The Kier molecular flexibility index (Phi) is 5.60. The van der Waals surface area contributed by atoms with Gasteiger partial charge < -0.3 is 5.32 Å². The molecular formula is C11H13BrN4O. The minimum atomic E-state index is -0.139. The summed E-state index contributed by atoms with van der Waals surface area (Å²) < 4.78 is 0.863. The van der Waals surface area contributed by atoms with Crippen molar-refractivity contribution < 1.29 is 4.79 Å². The third-order valence-corrected chi connectivity index (χ3v) is 2.48. The Labute approximate surface area is 109 Å². The summed E-state index contributed by atoms with van der Waals surface area (Å²) in [6.45, 7) is 0.830. The number of carbonyl (C=O) groups is 1. The molecule has 90 valence electrons. The van der Waals surface area contributed by atoms with Gasteiger partial charge in [-0.1, -0.05) is 0 Å². The van der Waals surface area contributed by atoms with Crippen LogP contribution in [0.2, 0.25) is 0 Å². The van der Waals surface area contributed by atoms with Gasteiger partial charge in [-0.25, -0.2) is 4.98 Å². The van der Waals surface area contributed by atoms with Crippen LogP contribution in [0, 0.1) is 11.3 Å². The molecule has 1 N–H and O–H groups in total. The molecule has 0 aliphatic rings. The molecule has 1 aromatic rings. The number of aromatic nitrogens is 1. The third-order valence-electron chi connectivity index (χ3n) is 2.01. The first-order chi connectivity index (χ1) is 8.11. The molecule has 1 heterocycles. The van der Waals surface area contributed by atoms with Gasteiger partial charge in [-0.05, 0) is 35.1 Å². The molecule has 0 unspecified atom stereocenters. The highest BCUT2D eigenvalue weighted by atomic mass is 79.9. The van der Waals surface area contributed by atoms with Gasteiger partial charge in [0.05, 0.1) is 12.6 Å². The maximum absolute atomic E-state index is 11.6. The highest BCUT2D eigenvalue weighted by Gasteiger charge is 2.06. The van der Waals surface area contributed by atoms with E-state index in [1.165, 1.54) is 0 Å². The van der Waals surface area contributed by atoms with Crippen molar-refractivity contribution in [1.82, 2.24) is 9.88 Å². The molecule has 1 rings (SSSR count). The zero-order chi connectivity index (χ0) is 12.7. The normalized spacial score (nSPS) is 10.0. The Morgan fingerprint density at radius 3 is 3.00 bits per heavy atom. The molecule has 1 amide bonds. The number of hydrogen-bond acceptors (Lipinski definition) is 4. The fraction of sp³-hybridized carbons (Fsp3) is 0.364. The van der Waals surface area contributed by atoms with Gasteiger partial charge in [0.25, 0.3) is 0 Å². The van der Waals surface area contributed by atoms with Crippen molar-refractivity contribution in [3.8, 4) is 6.07 Å². The average Bonchev–Trinajstić information content (AvgIpc) is 2.29. The number of carbonyl (C=O) groups excluding carboxylic acids is 1. The number of nitriles is 1. The second-order valence-corrected chi connectivity index (χ2v) is 4.47. The molecule has 0 spiro atoms. The number of halogens is 1. The van der Waals surface area contributed by atoms with Crippen LogP contribution < -0.4 is 5.32 Å². The van der Waals surface area contributed by atoms with E-state index in [0.717, 1.165) is 4.47 Å². The van der Waals surface area contributed by atoms with Crippen molar-refractivity contribution in [3.63, 3.8) is 0 Å². The van der Waals surface area contributed by atoms with Crippen molar-refractivity contribution in [3.05, 3.63) is 22.8 Å². The summed E-state index contributed by atoms with van der Waals surface area (Å²) >= 11 is 3.27. The Balaban J connectivity index is 2.39. The Hall–Kier alpha value is -1.45. The highest BCUT2D eigenvalue weighted by molar-refractivity contribution is 9.10. The summed E-state index contributed by atoms with van der Waals surface area (Å²) in [5.41, 5.74) is 0. The molecule has 0 saturated carbocycles. The Morgan fingerprint density at radius 1 is 1.65 bits per heavy atom. The third kappa shape index (κ3) is 5.43. The van der Waals surface area contributed by atoms with E-state index in [1.54, 1.807) is 24.2 Å². The molecule has 0 aliphatic heterocycles. The SMILES string of the molecule is CN(CCC#N)CC(=O)Nc1ccc(Br)cn1. The van der Waals surface area contributed by atoms with Gasteiger partial charge in [0.2, 0.25) is 5.91 Å². The summed E-state index contributed by atoms with van der Waals surface area (Å²) in [6.07, 6.45) is 2.04. The van der Waals surface area contributed by atoms with Crippen molar-refractivity contribution in [2.45, 2.75) is 6.42 Å². The van der Waals surface area contributed by atoms with Crippen LogP contribution in [0.5, 0.6) is 0 Å². The van der Waals surface area contributed by atoms with Gasteiger partial charge in [0.15, 0.2) is 0 Å². The second kappa shape index (κ2) is 6.99. The standard InChI is InChI=1S/C11H13BrN4O/c1-16(6-2-5-13)8-11(17)15-10-4-3-9(12)7-14-10/h3-4,7H,2,6,8H2,1H3,(H,14,15,17). The van der Waals surface area contributed by atoms with Crippen LogP contribution in [0.3, 0.4) is 0 Å². The minimum absolute atomic E-state index is 0.139. The number of nitrogens with zero attached hydrogens (tertiary/aromatic N) is 3. The van der Waals surface area contributed by atoms with Crippen LogP contribution in [0.4, 0.5) is 5.82 Å². The number of rotatable bonds is 5. The summed E-state index contributed by atoms with van der Waals surface area (Å²) in [4.78, 5) is 17.4. The fourth-order valence-corrected chi connectivity index (χ4v) is 1.43. The van der Waals surface area contributed by atoms with Crippen LogP contribution in [0.1, 0.15) is 6.42 Å². The molecule has 0 aromatic carbocycles. The summed E-state index contributed by atoms with van der Waals surface area (Å²) in [7, 11) is 1.80. The van der Waals surface area contributed by atoms with E-state index in [-0.39, 0.29) is 12.5 Å². The lowest BCUT2D eigenvalue weighted by Crippen LogP contribution is -2.31. The first-order valence-electron chi connectivity index (χ1n) is 5.08. The van der Waals surface area contributed by atoms with Crippen molar-refractivity contribution in [2.24, 2.45) is 0 Å². The van der Waals surface area contributed by atoms with E-state index in [4.69, 9.17) is 5.26 Å². The van der Waals surface area contributed by atoms with E-state index in [2.05, 4.69) is 26.2 Å². The van der Waals surface area contributed by atoms with Crippen molar-refractivity contribution >= 4 is 27.7 Å². The molecule has 0 bridgehead atoms. The highest BCUT2D eigenvalue weighted by Crippen LogP contribution is 2.10. The maximum Gasteiger partial charge on any atom is 0.239 e. The molecule has 0 saturated heterocycles. The zero-order valence-electron chi connectivity index (χ0n) is 9.48. The lowest BCUT2D eigenvalue weighted by Gasteiger charge is -2.13. The lowest BCUT2D eigenvalue weighted by molar-refractivity contribution is -0.117. The predicted molar refractivity (Wildman–Crippen MR) is 68.3 cm³/mol. The van der Waals surface area contributed by atoms with E-state index >= 15 is 0 Å². The Bertz CT molecular complexity index is 412. The smallest absolute Gasteiger partial charge is 0.239 e. The van der Waals surface area contributed by atoms with Crippen LogP contribution in [-0.2, 0) is 4.79 Å². The fourth-order valence-electron chi connectivity index (χ4n) is 1.20. The van der Waals surface area contributed by atoms with Gasteiger partial charge in [0.1, 0.15) is 5.82 Å². The molecule has 6 heteroatoms. The number of amides is 1. The summed E-state index contributed by atoms with van der Waals surface area (Å²) in [6, 6.07) is 5.56. The zero-order valence-corrected chi connectivity index (χ0v) is 11.1. The second-order valence-electron chi connectivity index (χ2n) is 3.56. The Morgan fingerprint density at radius 2 is 2.41 bits per heavy atom. The average molecular weight is 297 g/mol. The lowest BCUT2D eigenvalue weighted by atomic mass is 10.4. The molecule has 1 aromatic heterocycles. The number of pyridine rings is 1. The molecule has 0 fully saturated rings. The van der Waals surface area contributed by atoms with Crippen molar-refractivity contribution in [1.29, 1.82) is 5.26 Å². The van der Waals surface area contributed by atoms with E-state index < -0.39 is 0 Å². The van der Waals surface area contributed by atoms with Gasteiger partial charge in [0, 0.05) is 23.6 Å². The van der Waals surface area contributed by atoms with E-state index in [1.807, 2.05) is 12.1 Å². The van der Waals surface area contributed by atoms with Crippen LogP contribution >= 0.6 is 15.9 Å². The summed E-state index contributed by atoms with van der Waals surface area (Å²) in [5, 5.41) is 11.1. The van der Waals surface area contributed by atoms with Crippen LogP contribution in [0.25, 0.3) is 0 Å². The number of likely N-dealkylation sites (N-methyl/N-ethyl adjacent to an activating group) is 1. The minimum Gasteiger partial charge on any atom is -0.310 e. The quantitative estimate of drug-likeness (QED) is 0.897. The number of anilines is 1. The number of hydrogen-bond donors (Lipinski definition) is 1. The maximum atomic E-state index is 11.6. The number of nitrogens with one attached hydrogen (secondary N) is 1. The molecule has 0 radical (unpaired) electrons. The van der Waals surface area contributed by atoms with E-state index in [9.17, 15) is 4.79 Å². The van der Waals surface area contributed by atoms with Crippen LogP contribution in [-0.4, -0.2) is 35.9 Å². The van der Waals surface area contributed by atoms with Crippen LogP contribution in [0.15, 0.2) is 22.8 Å². The van der Waals surface area contributed by atoms with Gasteiger partial charge in [-0.15, -0.1) is 0 Å². The van der Waals surface area contributed by atoms with Crippen molar-refractivity contribution in [2.75, 3.05) is 25.5 Å². The molecule has 0 atom stereocenters. The first-order valence-corrected chi connectivity index (χ1v) is 5.88.